The van der Waals surface area contributed by atoms with E-state index in [1.165, 1.54) is 0 Å². The van der Waals surface area contributed by atoms with Crippen LogP contribution in [0, 0.1) is 13.8 Å². The molecule has 5 heteroatoms. The Bertz CT molecular complexity index is 1220. The Balaban J connectivity index is 1.72. The monoisotopic (exact) mass is 491 g/mol. The minimum Gasteiger partial charge on any atom is -0.543 e. The van der Waals surface area contributed by atoms with E-state index in [4.69, 9.17) is 16.0 Å². The molecule has 0 fully saturated rings. The maximum atomic E-state index is 13.8. The molecule has 4 rings (SSSR count). The van der Waals surface area contributed by atoms with Crippen LogP contribution in [0.25, 0.3) is 0 Å². The van der Waals surface area contributed by atoms with Crippen molar-refractivity contribution >= 4 is 31.5 Å². The van der Waals surface area contributed by atoms with Crippen molar-refractivity contribution in [2.24, 2.45) is 0 Å². The van der Waals surface area contributed by atoms with Gasteiger partial charge in [0.1, 0.15) is 5.75 Å². The molecule has 3 nitrogen and oxygen atoms in total. The summed E-state index contributed by atoms with van der Waals surface area (Å²) < 4.78 is 6.68. The van der Waals surface area contributed by atoms with Gasteiger partial charge in [-0.1, -0.05) is 80.9 Å². The fourth-order valence-corrected chi connectivity index (χ4v) is 5.72. The number of fused-ring (bicyclic) bond motifs is 1. The minimum absolute atomic E-state index is 0.0815. The van der Waals surface area contributed by atoms with E-state index in [1.54, 1.807) is 0 Å². The van der Waals surface area contributed by atoms with Crippen molar-refractivity contribution in [3.63, 3.8) is 0 Å². The molecular weight excluding hydrogens is 458 g/mol. The molecule has 0 radical (unpaired) electrons. The van der Waals surface area contributed by atoms with E-state index >= 15 is 0 Å². The van der Waals surface area contributed by atoms with Crippen molar-refractivity contribution in [3.05, 3.63) is 93.5 Å². The van der Waals surface area contributed by atoms with Crippen LogP contribution in [0.2, 0.25) is 23.2 Å². The van der Waals surface area contributed by atoms with E-state index in [0.717, 1.165) is 39.3 Å². The third kappa shape index (κ3) is 4.41. The van der Waals surface area contributed by atoms with Gasteiger partial charge in [0.2, 0.25) is 5.91 Å². The lowest BCUT2D eigenvalue weighted by Crippen LogP contribution is -2.44. The van der Waals surface area contributed by atoms with Gasteiger partial charge in [0.05, 0.1) is 12.5 Å². The smallest absolute Gasteiger partial charge is 0.250 e. The van der Waals surface area contributed by atoms with Crippen LogP contribution in [0.4, 0.5) is 5.69 Å². The van der Waals surface area contributed by atoms with Crippen molar-refractivity contribution in [1.29, 1.82) is 0 Å². The average Bonchev–Trinajstić information content (AvgIpc) is 3.03. The van der Waals surface area contributed by atoms with Gasteiger partial charge in [-0.2, -0.15) is 0 Å². The van der Waals surface area contributed by atoms with Crippen LogP contribution in [-0.4, -0.2) is 14.2 Å². The van der Waals surface area contributed by atoms with Gasteiger partial charge in [-0.25, -0.2) is 0 Å². The van der Waals surface area contributed by atoms with Crippen LogP contribution >= 0.6 is 11.6 Å². The summed E-state index contributed by atoms with van der Waals surface area (Å²) in [6.07, 6.45) is 0. The molecule has 1 aliphatic rings. The third-order valence-electron chi connectivity index (χ3n) is 7.32. The summed E-state index contributed by atoms with van der Waals surface area (Å²) in [5.41, 5.74) is 6.10. The molecule has 0 saturated carbocycles. The number of carbonyl (C=O) groups is 1. The first kappa shape index (κ1) is 24.6. The molecule has 34 heavy (non-hydrogen) atoms. The fraction of sp³-hybridized carbons (Fsp3) is 0.345. The predicted molar refractivity (Wildman–Crippen MR) is 145 cm³/mol. The molecule has 0 saturated heterocycles. The lowest BCUT2D eigenvalue weighted by molar-refractivity contribution is -0.118. The van der Waals surface area contributed by atoms with Gasteiger partial charge in [0.25, 0.3) is 8.32 Å². The highest BCUT2D eigenvalue weighted by Gasteiger charge is 2.41. The first-order valence-electron chi connectivity index (χ1n) is 11.8. The average molecular weight is 492 g/mol. The Labute approximate surface area is 209 Å². The van der Waals surface area contributed by atoms with E-state index in [-0.39, 0.29) is 16.9 Å². The Hall–Kier alpha value is -2.56. The van der Waals surface area contributed by atoms with Crippen LogP contribution in [0.15, 0.2) is 60.7 Å². The lowest BCUT2D eigenvalue weighted by Gasteiger charge is -2.37. The number of hydrogen-bond acceptors (Lipinski definition) is 2. The molecule has 1 unspecified atom stereocenters. The molecule has 1 aliphatic heterocycles. The van der Waals surface area contributed by atoms with Crippen LogP contribution in [0.3, 0.4) is 0 Å². The van der Waals surface area contributed by atoms with Gasteiger partial charge in [-0.05, 0) is 71.9 Å². The second-order valence-corrected chi connectivity index (χ2v) is 16.0. The normalized spacial score (nSPS) is 16.1. The third-order valence-corrected chi connectivity index (χ3v) is 12.0. The molecule has 0 aromatic heterocycles. The summed E-state index contributed by atoms with van der Waals surface area (Å²) in [6, 6.07) is 20.1. The number of carbonyl (C=O) groups excluding carboxylic acids is 1. The number of benzene rings is 3. The van der Waals surface area contributed by atoms with E-state index < -0.39 is 8.32 Å². The van der Waals surface area contributed by atoms with E-state index in [1.807, 2.05) is 47.4 Å². The molecule has 1 heterocycles. The molecule has 178 valence electrons. The van der Waals surface area contributed by atoms with Crippen molar-refractivity contribution in [1.82, 2.24) is 0 Å². The largest absolute Gasteiger partial charge is 0.543 e. The Morgan fingerprint density at radius 1 is 0.971 bits per heavy atom. The first-order chi connectivity index (χ1) is 15.9. The number of amides is 1. The molecule has 3 aromatic carbocycles. The fourth-order valence-electron chi connectivity index (χ4n) is 4.39. The number of para-hydroxylation sites is 1. The van der Waals surface area contributed by atoms with Crippen LogP contribution in [0.5, 0.6) is 5.75 Å². The SMILES string of the molecule is Cc1cc(C2C(=O)N(Cc3ccccc3Cl)c3ccccc32)cc(C)c1O[Si](C)(C)C(C)(C)C. The molecule has 0 N–H and O–H groups in total. The second-order valence-electron chi connectivity index (χ2n) is 10.9. The van der Waals surface area contributed by atoms with Crippen LogP contribution < -0.4 is 9.33 Å². The highest BCUT2D eigenvalue weighted by molar-refractivity contribution is 6.74. The van der Waals surface area contributed by atoms with Gasteiger partial charge in [0.15, 0.2) is 0 Å². The maximum Gasteiger partial charge on any atom is 0.250 e. The summed E-state index contributed by atoms with van der Waals surface area (Å²) in [4.78, 5) is 15.7. The Morgan fingerprint density at radius 3 is 2.18 bits per heavy atom. The van der Waals surface area contributed by atoms with Crippen molar-refractivity contribution in [3.8, 4) is 5.75 Å². The summed E-state index contributed by atoms with van der Waals surface area (Å²) in [6.45, 7) is 15.9. The maximum absolute atomic E-state index is 13.8. The summed E-state index contributed by atoms with van der Waals surface area (Å²) in [5.74, 6) is 0.706. The quantitative estimate of drug-likeness (QED) is 0.338. The van der Waals surface area contributed by atoms with Gasteiger partial charge >= 0.3 is 0 Å². The van der Waals surface area contributed by atoms with Crippen molar-refractivity contribution in [2.45, 2.75) is 65.2 Å². The summed E-state index contributed by atoms with van der Waals surface area (Å²) >= 11 is 6.43. The zero-order valence-electron chi connectivity index (χ0n) is 21.2. The zero-order valence-corrected chi connectivity index (χ0v) is 23.0. The number of halogens is 1. The zero-order chi connectivity index (χ0) is 24.8. The van der Waals surface area contributed by atoms with Gasteiger partial charge in [0, 0.05) is 10.7 Å². The molecule has 3 aromatic rings. The second kappa shape index (κ2) is 8.90. The van der Waals surface area contributed by atoms with E-state index in [9.17, 15) is 4.79 Å². The van der Waals surface area contributed by atoms with Gasteiger partial charge in [-0.3, -0.25) is 4.79 Å². The van der Waals surface area contributed by atoms with Gasteiger partial charge in [-0.15, -0.1) is 0 Å². The molecule has 1 amide bonds. The highest BCUT2D eigenvalue weighted by atomic mass is 35.5. The first-order valence-corrected chi connectivity index (χ1v) is 15.1. The Morgan fingerprint density at radius 2 is 1.56 bits per heavy atom. The molecular formula is C29H34ClNO2Si. The number of aryl methyl sites for hydroxylation is 2. The predicted octanol–water partition coefficient (Wildman–Crippen LogP) is 8.02. The van der Waals surface area contributed by atoms with Gasteiger partial charge < -0.3 is 9.33 Å². The van der Waals surface area contributed by atoms with Crippen LogP contribution in [-0.2, 0) is 11.3 Å². The number of nitrogens with zero attached hydrogens (tertiary/aromatic N) is 1. The van der Waals surface area contributed by atoms with Crippen molar-refractivity contribution < 1.29 is 9.22 Å². The lowest BCUT2D eigenvalue weighted by atomic mass is 9.90. The topological polar surface area (TPSA) is 29.5 Å². The van der Waals surface area contributed by atoms with E-state index in [0.29, 0.717) is 11.6 Å². The number of hydrogen-bond donors (Lipinski definition) is 0. The summed E-state index contributed by atoms with van der Waals surface area (Å²) in [7, 11) is -1.98. The van der Waals surface area contributed by atoms with E-state index in [2.05, 4.69) is 65.9 Å². The standard InChI is InChI=1S/C29H34ClNO2Si/c1-19-16-22(17-20(2)27(19)33-34(6,7)29(3,4)5)26-23-13-9-11-15-25(23)31(28(26)32)18-21-12-8-10-14-24(21)30/h8-17,26H,18H2,1-7H3. The highest BCUT2D eigenvalue weighted by Crippen LogP contribution is 2.45. The Kier molecular flexibility index (Phi) is 6.43. The molecule has 1 atom stereocenters. The summed E-state index contributed by atoms with van der Waals surface area (Å²) in [5, 5.41) is 0.791. The molecule has 0 aliphatic carbocycles. The number of anilines is 1. The molecule has 0 spiro atoms. The van der Waals surface area contributed by atoms with Crippen LogP contribution in [0.1, 0.15) is 54.5 Å². The minimum atomic E-state index is -1.98. The van der Waals surface area contributed by atoms with Crippen molar-refractivity contribution in [2.75, 3.05) is 4.90 Å². The molecule has 0 bridgehead atoms. The number of rotatable bonds is 5.